The largest absolute Gasteiger partial charge is 0.377 e. The molecule has 23 heavy (non-hydrogen) atoms. The van der Waals surface area contributed by atoms with Gasteiger partial charge in [-0.3, -0.25) is 4.79 Å². The van der Waals surface area contributed by atoms with Crippen molar-refractivity contribution >= 4 is 23.1 Å². The number of hydrogen-bond donors (Lipinski definition) is 1. The lowest BCUT2D eigenvalue weighted by Crippen LogP contribution is -2.30. The molecule has 1 aliphatic carbocycles. The number of carbonyl (C=O) groups excluding carboxylic acids is 1. The van der Waals surface area contributed by atoms with Gasteiger partial charge in [-0.25, -0.2) is 0 Å². The Kier molecular flexibility index (Phi) is 5.02. The molecule has 3 rings (SSSR count). The van der Waals surface area contributed by atoms with Crippen LogP contribution in [0.25, 0.3) is 0 Å². The standard InChI is InChI=1S/C20H22ClNO/c1-14-6-2-4-8-18(14)22-20(15-10-12-16(21)13-11-15)17-7-3-5-9-19(17)23/h2,4,6,8,10-13,17,20,22H,3,5,7,9H2,1H3/t17-,20+/m1/s1. The van der Waals surface area contributed by atoms with Crippen molar-refractivity contribution < 1.29 is 4.79 Å². The summed E-state index contributed by atoms with van der Waals surface area (Å²) in [7, 11) is 0. The van der Waals surface area contributed by atoms with Crippen LogP contribution in [0.2, 0.25) is 5.02 Å². The number of para-hydroxylation sites is 1. The number of hydrogen-bond acceptors (Lipinski definition) is 2. The topological polar surface area (TPSA) is 29.1 Å². The van der Waals surface area contributed by atoms with Crippen molar-refractivity contribution in [3.05, 3.63) is 64.7 Å². The molecule has 0 aliphatic heterocycles. The van der Waals surface area contributed by atoms with Gasteiger partial charge in [-0.15, -0.1) is 0 Å². The Morgan fingerprint density at radius 2 is 1.83 bits per heavy atom. The average Bonchev–Trinajstić information content (AvgIpc) is 2.56. The first-order valence-electron chi connectivity index (χ1n) is 8.25. The summed E-state index contributed by atoms with van der Waals surface area (Å²) in [5.41, 5.74) is 3.40. The molecule has 0 saturated heterocycles. The first kappa shape index (κ1) is 16.1. The monoisotopic (exact) mass is 327 g/mol. The molecule has 2 aromatic carbocycles. The molecule has 2 atom stereocenters. The number of anilines is 1. The highest BCUT2D eigenvalue weighted by atomic mass is 35.5. The summed E-state index contributed by atoms with van der Waals surface area (Å²) in [4.78, 5) is 12.5. The van der Waals surface area contributed by atoms with Gasteiger partial charge in [0.25, 0.3) is 0 Å². The smallest absolute Gasteiger partial charge is 0.138 e. The van der Waals surface area contributed by atoms with E-state index in [4.69, 9.17) is 11.6 Å². The SMILES string of the molecule is Cc1ccccc1N[C@@H](c1ccc(Cl)cc1)[C@@H]1CCCCC1=O. The average molecular weight is 328 g/mol. The summed E-state index contributed by atoms with van der Waals surface area (Å²) < 4.78 is 0. The van der Waals surface area contributed by atoms with Gasteiger partial charge in [0, 0.05) is 23.0 Å². The maximum Gasteiger partial charge on any atom is 0.138 e. The van der Waals surface area contributed by atoms with Gasteiger partial charge in [0.15, 0.2) is 0 Å². The van der Waals surface area contributed by atoms with Gasteiger partial charge < -0.3 is 5.32 Å². The number of rotatable bonds is 4. The minimum Gasteiger partial charge on any atom is -0.377 e. The van der Waals surface area contributed by atoms with Gasteiger partial charge in [-0.1, -0.05) is 48.4 Å². The molecule has 0 radical (unpaired) electrons. The molecular formula is C20H22ClNO. The summed E-state index contributed by atoms with van der Waals surface area (Å²) >= 11 is 6.03. The number of carbonyl (C=O) groups is 1. The van der Waals surface area contributed by atoms with Crippen molar-refractivity contribution in [3.63, 3.8) is 0 Å². The molecule has 3 heteroatoms. The molecule has 120 valence electrons. The molecule has 1 saturated carbocycles. The molecule has 0 unspecified atom stereocenters. The maximum absolute atomic E-state index is 12.5. The maximum atomic E-state index is 12.5. The molecule has 1 fully saturated rings. The number of halogens is 1. The number of Topliss-reactive ketones (excluding diaryl/α,β-unsaturated/α-hetero) is 1. The lowest BCUT2D eigenvalue weighted by molar-refractivity contribution is -0.125. The van der Waals surface area contributed by atoms with Gasteiger partial charge in [0.1, 0.15) is 5.78 Å². The van der Waals surface area contributed by atoms with Crippen LogP contribution < -0.4 is 5.32 Å². The van der Waals surface area contributed by atoms with Crippen molar-refractivity contribution in [2.75, 3.05) is 5.32 Å². The van der Waals surface area contributed by atoms with Crippen LogP contribution in [0.15, 0.2) is 48.5 Å². The van der Waals surface area contributed by atoms with E-state index in [0.717, 1.165) is 35.5 Å². The summed E-state index contributed by atoms with van der Waals surface area (Å²) in [5.74, 6) is 0.404. The zero-order valence-electron chi connectivity index (χ0n) is 13.4. The summed E-state index contributed by atoms with van der Waals surface area (Å²) in [6.07, 6.45) is 3.79. The zero-order chi connectivity index (χ0) is 16.2. The van der Waals surface area contributed by atoms with E-state index >= 15 is 0 Å². The van der Waals surface area contributed by atoms with Crippen LogP contribution >= 0.6 is 11.6 Å². The lowest BCUT2D eigenvalue weighted by atomic mass is 9.80. The predicted octanol–water partition coefficient (Wildman–Crippen LogP) is 5.56. The fourth-order valence-corrected chi connectivity index (χ4v) is 3.48. The Morgan fingerprint density at radius 1 is 1.09 bits per heavy atom. The van der Waals surface area contributed by atoms with E-state index in [1.54, 1.807) is 0 Å². The molecule has 2 aromatic rings. The van der Waals surface area contributed by atoms with Crippen molar-refractivity contribution in [3.8, 4) is 0 Å². The normalized spacial score (nSPS) is 19.4. The summed E-state index contributed by atoms with van der Waals surface area (Å²) in [6, 6.07) is 16.1. The van der Waals surface area contributed by atoms with Gasteiger partial charge in [-0.2, -0.15) is 0 Å². The minimum atomic E-state index is 0.00108. The van der Waals surface area contributed by atoms with Crippen LogP contribution in [0, 0.1) is 12.8 Å². The van der Waals surface area contributed by atoms with Crippen LogP contribution in [-0.4, -0.2) is 5.78 Å². The van der Waals surface area contributed by atoms with Crippen molar-refractivity contribution in [2.24, 2.45) is 5.92 Å². The summed E-state index contributed by atoms with van der Waals surface area (Å²) in [6.45, 7) is 2.09. The van der Waals surface area contributed by atoms with Crippen LogP contribution in [0.1, 0.15) is 42.9 Å². The highest BCUT2D eigenvalue weighted by Gasteiger charge is 2.31. The molecule has 0 bridgehead atoms. The molecule has 0 aromatic heterocycles. The molecule has 1 aliphatic rings. The van der Waals surface area contributed by atoms with E-state index < -0.39 is 0 Å². The minimum absolute atomic E-state index is 0.00108. The fourth-order valence-electron chi connectivity index (χ4n) is 3.35. The fraction of sp³-hybridized carbons (Fsp3) is 0.350. The van der Waals surface area contributed by atoms with Crippen LogP contribution in [0.3, 0.4) is 0 Å². The molecule has 0 amide bonds. The molecule has 0 heterocycles. The Balaban J connectivity index is 1.94. The number of benzene rings is 2. The summed E-state index contributed by atoms with van der Waals surface area (Å²) in [5, 5.41) is 4.34. The van der Waals surface area contributed by atoms with Crippen LogP contribution in [-0.2, 0) is 4.79 Å². The van der Waals surface area contributed by atoms with E-state index in [0.29, 0.717) is 12.2 Å². The van der Waals surface area contributed by atoms with E-state index in [9.17, 15) is 4.79 Å². The second kappa shape index (κ2) is 7.18. The highest BCUT2D eigenvalue weighted by molar-refractivity contribution is 6.30. The lowest BCUT2D eigenvalue weighted by Gasteiger charge is -2.31. The second-order valence-corrected chi connectivity index (χ2v) is 6.74. The molecule has 1 N–H and O–H groups in total. The Morgan fingerprint density at radius 3 is 2.52 bits per heavy atom. The van der Waals surface area contributed by atoms with Gasteiger partial charge >= 0.3 is 0 Å². The predicted molar refractivity (Wildman–Crippen MR) is 96.0 cm³/mol. The Bertz CT molecular complexity index is 680. The quantitative estimate of drug-likeness (QED) is 0.796. The van der Waals surface area contributed by atoms with E-state index in [1.807, 2.05) is 36.4 Å². The molecular weight excluding hydrogens is 306 g/mol. The third-order valence-electron chi connectivity index (χ3n) is 4.69. The van der Waals surface area contributed by atoms with Gasteiger partial charge in [0.05, 0.1) is 6.04 Å². The van der Waals surface area contributed by atoms with Gasteiger partial charge in [0.2, 0.25) is 0 Å². The zero-order valence-corrected chi connectivity index (χ0v) is 14.1. The third kappa shape index (κ3) is 3.76. The van der Waals surface area contributed by atoms with Crippen molar-refractivity contribution in [1.29, 1.82) is 0 Å². The van der Waals surface area contributed by atoms with E-state index in [1.165, 1.54) is 5.56 Å². The number of ketones is 1. The molecule has 2 nitrogen and oxygen atoms in total. The number of nitrogens with one attached hydrogen (secondary N) is 1. The second-order valence-electron chi connectivity index (χ2n) is 6.31. The van der Waals surface area contributed by atoms with Crippen LogP contribution in [0.4, 0.5) is 5.69 Å². The first-order chi connectivity index (χ1) is 11.1. The first-order valence-corrected chi connectivity index (χ1v) is 8.63. The Hall–Kier alpha value is -1.80. The van der Waals surface area contributed by atoms with Crippen LogP contribution in [0.5, 0.6) is 0 Å². The van der Waals surface area contributed by atoms with Crippen molar-refractivity contribution in [1.82, 2.24) is 0 Å². The Labute approximate surface area is 142 Å². The van der Waals surface area contributed by atoms with Gasteiger partial charge in [-0.05, 0) is 49.1 Å². The molecule has 0 spiro atoms. The van der Waals surface area contributed by atoms with E-state index in [2.05, 4.69) is 24.4 Å². The van der Waals surface area contributed by atoms with E-state index in [-0.39, 0.29) is 12.0 Å². The third-order valence-corrected chi connectivity index (χ3v) is 4.94. The van der Waals surface area contributed by atoms with Crippen molar-refractivity contribution in [2.45, 2.75) is 38.6 Å². The highest BCUT2D eigenvalue weighted by Crippen LogP contribution is 2.35. The number of aryl methyl sites for hydroxylation is 1.